The highest BCUT2D eigenvalue weighted by Crippen LogP contribution is 2.38. The Morgan fingerprint density at radius 2 is 2.17 bits per heavy atom. The van der Waals surface area contributed by atoms with Gasteiger partial charge in [0.2, 0.25) is 6.79 Å². The van der Waals surface area contributed by atoms with E-state index in [2.05, 4.69) is 15.0 Å². The molecule has 1 fully saturated rings. The number of nitrogens with zero attached hydrogens (tertiary/aromatic N) is 2. The Hall–Kier alpha value is -2.86. The van der Waals surface area contributed by atoms with Gasteiger partial charge in [0.25, 0.3) is 11.8 Å². The maximum Gasteiger partial charge on any atom is 0.357 e. The zero-order chi connectivity index (χ0) is 21.8. The minimum absolute atomic E-state index is 0.0676. The summed E-state index contributed by atoms with van der Waals surface area (Å²) in [6.45, 7) is 2.54. The fourth-order valence-electron chi connectivity index (χ4n) is 2.92. The number of carbonyl (C=O) groups is 4. The number of nitrogen functional groups attached to an aromatic ring is 1. The van der Waals surface area contributed by atoms with Gasteiger partial charge < -0.3 is 20.5 Å². The molecule has 0 aromatic carbocycles. The number of esters is 2. The van der Waals surface area contributed by atoms with E-state index in [-0.39, 0.29) is 5.70 Å². The normalized spacial score (nSPS) is 20.6. The van der Waals surface area contributed by atoms with Crippen LogP contribution in [0.3, 0.4) is 0 Å². The molecule has 3 heterocycles. The summed E-state index contributed by atoms with van der Waals surface area (Å²) in [5.41, 5.74) is 6.52. The minimum atomic E-state index is -0.788. The van der Waals surface area contributed by atoms with Crippen LogP contribution < -0.4 is 11.1 Å². The lowest BCUT2D eigenvalue weighted by atomic mass is 10.0. The first-order valence-corrected chi connectivity index (χ1v) is 10.9. The van der Waals surface area contributed by atoms with Crippen LogP contribution in [-0.2, 0) is 28.7 Å². The van der Waals surface area contributed by atoms with Crippen molar-refractivity contribution >= 4 is 57.6 Å². The molecule has 3 rings (SSSR count). The lowest BCUT2D eigenvalue weighted by Crippen LogP contribution is -2.70. The Bertz CT molecular complexity index is 941. The third-order valence-corrected chi connectivity index (χ3v) is 6.10. The number of fused-ring (bicyclic) bond motifs is 1. The standard InChI is InChI=1S/C18H20N4O6S2/c1-3-4-10(11-7-30-18(19)20-11)14(24)21-13-15(25)22-12(5-6-29-16(13)22)17(26)28-8-27-9(2)23/h4-5,7,13,16H,3,6,8H2,1-2H3,(H2,19,20)(H,21,24)/b10-4+/t13-,16-/m1/s1. The molecule has 1 aromatic rings. The molecular formula is C18H20N4O6S2. The number of hydrogen-bond donors (Lipinski definition) is 2. The minimum Gasteiger partial charge on any atom is -0.428 e. The van der Waals surface area contributed by atoms with E-state index in [4.69, 9.17) is 10.5 Å². The highest BCUT2D eigenvalue weighted by Gasteiger charge is 2.53. The summed E-state index contributed by atoms with van der Waals surface area (Å²) < 4.78 is 9.45. The lowest BCUT2D eigenvalue weighted by molar-refractivity contribution is -0.166. The van der Waals surface area contributed by atoms with Crippen molar-refractivity contribution in [2.75, 3.05) is 18.3 Å². The number of allylic oxidation sites excluding steroid dienone is 1. The predicted octanol–water partition coefficient (Wildman–Crippen LogP) is 0.866. The van der Waals surface area contributed by atoms with E-state index in [0.29, 0.717) is 28.6 Å². The molecule has 0 radical (unpaired) electrons. The summed E-state index contributed by atoms with van der Waals surface area (Å²) >= 11 is 2.63. The Balaban J connectivity index is 1.66. The highest BCUT2D eigenvalue weighted by atomic mass is 32.2. The number of ether oxygens (including phenoxy) is 2. The molecule has 0 saturated carbocycles. The summed E-state index contributed by atoms with van der Waals surface area (Å²) in [5.74, 6) is -1.77. The fourth-order valence-corrected chi connectivity index (χ4v) is 4.68. The van der Waals surface area contributed by atoms with Gasteiger partial charge in [-0.05, 0) is 12.5 Å². The van der Waals surface area contributed by atoms with Crippen molar-refractivity contribution in [3.8, 4) is 0 Å². The van der Waals surface area contributed by atoms with Crippen LogP contribution in [0.5, 0.6) is 0 Å². The molecule has 2 amide bonds. The van der Waals surface area contributed by atoms with Crippen molar-refractivity contribution in [1.29, 1.82) is 0 Å². The third kappa shape index (κ3) is 4.49. The smallest absolute Gasteiger partial charge is 0.357 e. The van der Waals surface area contributed by atoms with E-state index in [0.717, 1.165) is 0 Å². The Morgan fingerprint density at radius 3 is 2.80 bits per heavy atom. The van der Waals surface area contributed by atoms with E-state index in [1.807, 2.05) is 6.92 Å². The first-order chi connectivity index (χ1) is 14.3. The predicted molar refractivity (Wildman–Crippen MR) is 111 cm³/mol. The first-order valence-electron chi connectivity index (χ1n) is 9.01. The van der Waals surface area contributed by atoms with Gasteiger partial charge in [0.15, 0.2) is 5.13 Å². The van der Waals surface area contributed by atoms with Gasteiger partial charge in [-0.2, -0.15) is 0 Å². The molecule has 160 valence electrons. The van der Waals surface area contributed by atoms with Gasteiger partial charge in [-0.3, -0.25) is 19.3 Å². The Kier molecular flexibility index (Phi) is 6.77. The van der Waals surface area contributed by atoms with E-state index in [9.17, 15) is 19.2 Å². The molecule has 1 saturated heterocycles. The van der Waals surface area contributed by atoms with Gasteiger partial charge in [0, 0.05) is 18.1 Å². The molecule has 0 aliphatic carbocycles. The molecule has 1 aromatic heterocycles. The van der Waals surface area contributed by atoms with Gasteiger partial charge in [0.05, 0.1) is 11.3 Å². The van der Waals surface area contributed by atoms with Crippen LogP contribution in [0, 0.1) is 0 Å². The van der Waals surface area contributed by atoms with Gasteiger partial charge in [-0.1, -0.05) is 13.0 Å². The second-order valence-electron chi connectivity index (χ2n) is 6.26. The van der Waals surface area contributed by atoms with Crippen molar-refractivity contribution in [2.45, 2.75) is 31.7 Å². The largest absolute Gasteiger partial charge is 0.428 e. The second-order valence-corrected chi connectivity index (χ2v) is 8.29. The molecule has 2 atom stereocenters. The highest BCUT2D eigenvalue weighted by molar-refractivity contribution is 8.00. The molecule has 3 N–H and O–H groups in total. The summed E-state index contributed by atoms with van der Waals surface area (Å²) in [4.78, 5) is 53.9. The lowest BCUT2D eigenvalue weighted by Gasteiger charge is -2.48. The average Bonchev–Trinajstić information content (AvgIpc) is 3.14. The summed E-state index contributed by atoms with van der Waals surface area (Å²) in [7, 11) is 0. The molecule has 0 spiro atoms. The van der Waals surface area contributed by atoms with Crippen molar-refractivity contribution < 1.29 is 28.7 Å². The molecule has 10 nitrogen and oxygen atoms in total. The number of aromatic nitrogens is 1. The van der Waals surface area contributed by atoms with E-state index in [1.54, 1.807) is 17.5 Å². The van der Waals surface area contributed by atoms with Crippen LogP contribution in [0.25, 0.3) is 5.57 Å². The molecular weight excluding hydrogens is 432 g/mol. The van der Waals surface area contributed by atoms with E-state index >= 15 is 0 Å². The number of amides is 2. The van der Waals surface area contributed by atoms with Gasteiger partial charge >= 0.3 is 11.9 Å². The second kappa shape index (κ2) is 9.30. The van der Waals surface area contributed by atoms with Crippen molar-refractivity contribution in [3.63, 3.8) is 0 Å². The van der Waals surface area contributed by atoms with Crippen LogP contribution in [0.1, 0.15) is 26.0 Å². The monoisotopic (exact) mass is 452 g/mol. The van der Waals surface area contributed by atoms with Crippen LogP contribution in [0.4, 0.5) is 5.13 Å². The molecule has 0 bridgehead atoms. The summed E-state index contributed by atoms with van der Waals surface area (Å²) in [6, 6.07) is -0.788. The van der Waals surface area contributed by atoms with Gasteiger partial charge in [-0.15, -0.1) is 23.1 Å². The summed E-state index contributed by atoms with van der Waals surface area (Å²) in [6.07, 6.45) is 3.88. The molecule has 30 heavy (non-hydrogen) atoms. The average molecular weight is 453 g/mol. The SMILES string of the molecule is CC/C=C(/C(=O)N[C@@H]1C(=O)N2C(C(=O)OCOC(C)=O)=CCS[C@H]12)c1csc(N)n1. The van der Waals surface area contributed by atoms with Crippen LogP contribution >= 0.6 is 23.1 Å². The summed E-state index contributed by atoms with van der Waals surface area (Å²) in [5, 5.41) is 4.32. The van der Waals surface area contributed by atoms with Crippen LogP contribution in [-0.4, -0.2) is 57.6 Å². The number of rotatable bonds is 7. The number of thiazole rings is 1. The number of thioether (sulfide) groups is 1. The Labute approximate surface area is 180 Å². The topological polar surface area (TPSA) is 141 Å². The van der Waals surface area contributed by atoms with Crippen LogP contribution in [0.2, 0.25) is 0 Å². The molecule has 12 heteroatoms. The molecule has 0 unspecified atom stereocenters. The number of carbonyl (C=O) groups excluding carboxylic acids is 4. The Morgan fingerprint density at radius 1 is 1.40 bits per heavy atom. The van der Waals surface area contributed by atoms with E-state index in [1.165, 1.54) is 34.9 Å². The number of nitrogens with one attached hydrogen (secondary N) is 1. The first kappa shape index (κ1) is 21.8. The number of nitrogens with two attached hydrogens (primary N) is 1. The number of anilines is 1. The number of β-lactam (4-membered cyclic amide) rings is 1. The van der Waals surface area contributed by atoms with Crippen molar-refractivity contribution in [3.05, 3.63) is 28.9 Å². The number of hydrogen-bond acceptors (Lipinski definition) is 10. The quantitative estimate of drug-likeness (QED) is 0.267. The molecule has 2 aliphatic rings. The fraction of sp³-hybridized carbons (Fsp3) is 0.389. The maximum atomic E-state index is 12.8. The zero-order valence-electron chi connectivity index (χ0n) is 16.2. The van der Waals surface area contributed by atoms with Gasteiger partial charge in [0.1, 0.15) is 17.1 Å². The molecule has 2 aliphatic heterocycles. The zero-order valence-corrected chi connectivity index (χ0v) is 17.9. The third-order valence-electron chi connectivity index (χ3n) is 4.25. The van der Waals surface area contributed by atoms with Crippen molar-refractivity contribution in [2.24, 2.45) is 0 Å². The van der Waals surface area contributed by atoms with E-state index < -0.39 is 42.0 Å². The maximum absolute atomic E-state index is 12.8. The van der Waals surface area contributed by atoms with Crippen molar-refractivity contribution in [1.82, 2.24) is 15.2 Å². The van der Waals surface area contributed by atoms with Crippen LogP contribution in [0.15, 0.2) is 23.2 Å². The van der Waals surface area contributed by atoms with Gasteiger partial charge in [-0.25, -0.2) is 9.78 Å².